The Bertz CT molecular complexity index is 379. The van der Waals surface area contributed by atoms with Gasteiger partial charge in [-0.2, -0.15) is 0 Å². The van der Waals surface area contributed by atoms with Gasteiger partial charge >= 0.3 is 0 Å². The third-order valence-corrected chi connectivity index (χ3v) is 3.68. The lowest BCUT2D eigenvalue weighted by Crippen LogP contribution is -2.11. The van der Waals surface area contributed by atoms with Crippen LogP contribution in [0, 0.1) is 0 Å². The smallest absolute Gasteiger partial charge is 0.0981 e. The molecule has 0 aromatic heterocycles. The van der Waals surface area contributed by atoms with Gasteiger partial charge in [0.1, 0.15) is 0 Å². The minimum atomic E-state index is 0.383. The fraction of sp³-hybridized carbons (Fsp3) is 0.364. The zero-order valence-corrected chi connectivity index (χ0v) is 9.89. The number of nitrogens with two attached hydrogens (primary N) is 1. The van der Waals surface area contributed by atoms with E-state index in [4.69, 9.17) is 17.3 Å². The van der Waals surface area contributed by atoms with E-state index in [1.165, 1.54) is 0 Å². The van der Waals surface area contributed by atoms with Crippen LogP contribution in [0.3, 0.4) is 0 Å². The second-order valence-corrected chi connectivity index (χ2v) is 4.93. The molecule has 1 aromatic rings. The van der Waals surface area contributed by atoms with E-state index in [0.29, 0.717) is 12.6 Å². The van der Waals surface area contributed by atoms with Gasteiger partial charge in [-0.05, 0) is 25.1 Å². The van der Waals surface area contributed by atoms with E-state index in [-0.39, 0.29) is 0 Å². The van der Waals surface area contributed by atoms with Gasteiger partial charge in [0.25, 0.3) is 0 Å². The van der Waals surface area contributed by atoms with Gasteiger partial charge < -0.3 is 5.73 Å². The molecule has 0 bridgehead atoms. The lowest BCUT2D eigenvalue weighted by atomic mass is 10.2. The summed E-state index contributed by atoms with van der Waals surface area (Å²) in [6.45, 7) is 0.706. The van der Waals surface area contributed by atoms with Crippen LogP contribution in [0.5, 0.6) is 0 Å². The van der Waals surface area contributed by atoms with Gasteiger partial charge in [-0.3, -0.25) is 4.99 Å². The van der Waals surface area contributed by atoms with E-state index in [1.807, 2.05) is 24.3 Å². The quantitative estimate of drug-likeness (QED) is 0.882. The SMILES string of the molecule is NCCC1CSC(c2cccc(Cl)c2)=N1. The van der Waals surface area contributed by atoms with Crippen molar-refractivity contribution in [3.8, 4) is 0 Å². The summed E-state index contributed by atoms with van der Waals surface area (Å²) in [5, 5.41) is 1.86. The predicted octanol–water partition coefficient (Wildman–Crippen LogP) is 2.55. The van der Waals surface area contributed by atoms with Crippen molar-refractivity contribution in [3.63, 3.8) is 0 Å². The zero-order chi connectivity index (χ0) is 10.7. The van der Waals surface area contributed by atoms with Gasteiger partial charge in [0.15, 0.2) is 0 Å². The number of halogens is 1. The first-order valence-electron chi connectivity index (χ1n) is 4.96. The second kappa shape index (κ2) is 5.01. The van der Waals surface area contributed by atoms with Crippen LogP contribution in [0.15, 0.2) is 29.3 Å². The second-order valence-electron chi connectivity index (χ2n) is 3.49. The first-order valence-corrected chi connectivity index (χ1v) is 6.32. The number of aliphatic imine (C=N–C) groups is 1. The van der Waals surface area contributed by atoms with E-state index in [2.05, 4.69) is 4.99 Å². The number of nitrogens with zero attached hydrogens (tertiary/aromatic N) is 1. The summed E-state index contributed by atoms with van der Waals surface area (Å²) in [6, 6.07) is 8.22. The molecule has 0 saturated carbocycles. The molecule has 0 aliphatic carbocycles. The molecule has 15 heavy (non-hydrogen) atoms. The van der Waals surface area contributed by atoms with Crippen LogP contribution in [-0.4, -0.2) is 23.4 Å². The van der Waals surface area contributed by atoms with Gasteiger partial charge in [0, 0.05) is 16.3 Å². The molecule has 1 aliphatic heterocycles. The van der Waals surface area contributed by atoms with Crippen molar-refractivity contribution in [3.05, 3.63) is 34.9 Å². The molecule has 0 fully saturated rings. The molecule has 0 saturated heterocycles. The molecule has 2 nitrogen and oxygen atoms in total. The molecule has 1 aromatic carbocycles. The minimum Gasteiger partial charge on any atom is -0.330 e. The highest BCUT2D eigenvalue weighted by Crippen LogP contribution is 2.25. The van der Waals surface area contributed by atoms with Gasteiger partial charge in [-0.1, -0.05) is 23.7 Å². The van der Waals surface area contributed by atoms with E-state index in [9.17, 15) is 0 Å². The van der Waals surface area contributed by atoms with Gasteiger partial charge in [0.2, 0.25) is 0 Å². The van der Waals surface area contributed by atoms with E-state index in [1.54, 1.807) is 11.8 Å². The molecule has 2 N–H and O–H groups in total. The Balaban J connectivity index is 2.15. The number of thioether (sulfide) groups is 1. The van der Waals surface area contributed by atoms with Crippen LogP contribution in [0.2, 0.25) is 5.02 Å². The van der Waals surface area contributed by atoms with E-state index in [0.717, 1.165) is 27.8 Å². The number of rotatable bonds is 3. The predicted molar refractivity (Wildman–Crippen MR) is 67.9 cm³/mol. The lowest BCUT2D eigenvalue weighted by Gasteiger charge is -2.00. The number of hydrogen-bond donors (Lipinski definition) is 1. The van der Waals surface area contributed by atoms with Gasteiger partial charge in [-0.25, -0.2) is 0 Å². The van der Waals surface area contributed by atoms with Crippen molar-refractivity contribution in [1.82, 2.24) is 0 Å². The van der Waals surface area contributed by atoms with Crippen molar-refractivity contribution in [2.75, 3.05) is 12.3 Å². The van der Waals surface area contributed by atoms with Crippen molar-refractivity contribution in [2.45, 2.75) is 12.5 Å². The molecule has 4 heteroatoms. The van der Waals surface area contributed by atoms with E-state index >= 15 is 0 Å². The van der Waals surface area contributed by atoms with Crippen LogP contribution in [0.4, 0.5) is 0 Å². The number of benzene rings is 1. The Kier molecular flexibility index (Phi) is 3.67. The van der Waals surface area contributed by atoms with Crippen LogP contribution >= 0.6 is 23.4 Å². The fourth-order valence-electron chi connectivity index (χ4n) is 1.54. The largest absolute Gasteiger partial charge is 0.330 e. The summed E-state index contributed by atoms with van der Waals surface area (Å²) >= 11 is 7.72. The third-order valence-electron chi connectivity index (χ3n) is 2.28. The van der Waals surface area contributed by atoms with Crippen molar-refractivity contribution in [2.24, 2.45) is 10.7 Å². The standard InChI is InChI=1S/C11H13ClN2S/c12-9-3-1-2-8(6-9)11-14-10(4-5-13)7-15-11/h1-3,6,10H,4-5,7,13H2. The summed E-state index contributed by atoms with van der Waals surface area (Å²) in [4.78, 5) is 4.63. The molecule has 0 amide bonds. The molecule has 80 valence electrons. The van der Waals surface area contributed by atoms with Crippen molar-refractivity contribution < 1.29 is 0 Å². The first-order chi connectivity index (χ1) is 7.29. The molecule has 0 spiro atoms. The normalized spacial score (nSPS) is 20.4. The Labute approximate surface area is 98.9 Å². The first kappa shape index (κ1) is 11.0. The van der Waals surface area contributed by atoms with Gasteiger partial charge in [0.05, 0.1) is 11.1 Å². The number of hydrogen-bond acceptors (Lipinski definition) is 3. The average molecular weight is 241 g/mol. The highest BCUT2D eigenvalue weighted by molar-refractivity contribution is 8.14. The summed E-state index contributed by atoms with van der Waals surface area (Å²) in [5.74, 6) is 1.04. The van der Waals surface area contributed by atoms with Crippen molar-refractivity contribution in [1.29, 1.82) is 0 Å². The highest BCUT2D eigenvalue weighted by Gasteiger charge is 2.18. The summed E-state index contributed by atoms with van der Waals surface area (Å²) < 4.78 is 0. The Morgan fingerprint density at radius 2 is 2.40 bits per heavy atom. The van der Waals surface area contributed by atoms with Gasteiger partial charge in [-0.15, -0.1) is 11.8 Å². The monoisotopic (exact) mass is 240 g/mol. The Morgan fingerprint density at radius 3 is 3.13 bits per heavy atom. The summed E-state index contributed by atoms with van der Waals surface area (Å²) in [7, 11) is 0. The van der Waals surface area contributed by atoms with E-state index < -0.39 is 0 Å². The maximum Gasteiger partial charge on any atom is 0.0981 e. The topological polar surface area (TPSA) is 38.4 Å². The average Bonchev–Trinajstić information content (AvgIpc) is 2.67. The fourth-order valence-corrected chi connectivity index (χ4v) is 2.83. The Hall–Kier alpha value is -0.510. The molecular weight excluding hydrogens is 228 g/mol. The molecule has 1 heterocycles. The molecule has 2 rings (SSSR count). The van der Waals surface area contributed by atoms with Crippen LogP contribution in [-0.2, 0) is 0 Å². The minimum absolute atomic E-state index is 0.383. The zero-order valence-electron chi connectivity index (χ0n) is 8.32. The lowest BCUT2D eigenvalue weighted by molar-refractivity contribution is 0.695. The van der Waals surface area contributed by atoms with Crippen molar-refractivity contribution >= 4 is 28.4 Å². The highest BCUT2D eigenvalue weighted by atomic mass is 35.5. The third kappa shape index (κ3) is 2.74. The van der Waals surface area contributed by atoms with Crippen LogP contribution in [0.25, 0.3) is 0 Å². The molecule has 1 atom stereocenters. The Morgan fingerprint density at radius 1 is 1.53 bits per heavy atom. The maximum absolute atomic E-state index is 5.94. The summed E-state index contributed by atoms with van der Waals surface area (Å²) in [5.41, 5.74) is 6.63. The molecule has 1 aliphatic rings. The maximum atomic E-state index is 5.94. The molecule has 1 unspecified atom stereocenters. The van der Waals surface area contributed by atoms with Crippen LogP contribution in [0.1, 0.15) is 12.0 Å². The molecule has 0 radical (unpaired) electrons. The van der Waals surface area contributed by atoms with Crippen LogP contribution < -0.4 is 5.73 Å². The summed E-state index contributed by atoms with van der Waals surface area (Å²) in [6.07, 6.45) is 0.969. The molecular formula is C11H13ClN2S.